The number of H-pyrrole nitrogens is 1. The Labute approximate surface area is 118 Å². The Hall–Kier alpha value is -1.57. The summed E-state index contributed by atoms with van der Waals surface area (Å²) in [4.78, 5) is 18.9. The van der Waals surface area contributed by atoms with Crippen LogP contribution in [-0.2, 0) is 6.42 Å². The molecule has 0 spiro atoms. The molecule has 18 heavy (non-hydrogen) atoms. The molecule has 0 atom stereocenters. The zero-order valence-electron chi connectivity index (χ0n) is 9.48. The van der Waals surface area contributed by atoms with Crippen LogP contribution in [0, 0.1) is 3.57 Å². The van der Waals surface area contributed by atoms with Crippen molar-refractivity contribution in [1.82, 2.24) is 15.3 Å². The molecule has 0 aliphatic rings. The second-order valence-electron chi connectivity index (χ2n) is 3.70. The zero-order valence-corrected chi connectivity index (χ0v) is 11.6. The number of amides is 1. The maximum Gasteiger partial charge on any atom is 0.255 e. The molecular formula is C12H12IN3O2. The van der Waals surface area contributed by atoms with Gasteiger partial charge in [-0.2, -0.15) is 0 Å². The first-order valence-electron chi connectivity index (χ1n) is 5.42. The van der Waals surface area contributed by atoms with E-state index in [1.807, 2.05) is 0 Å². The minimum atomic E-state index is -0.280. The molecule has 0 saturated heterocycles. The highest BCUT2D eigenvalue weighted by Gasteiger charge is 2.10. The van der Waals surface area contributed by atoms with Gasteiger partial charge < -0.3 is 15.4 Å². The van der Waals surface area contributed by atoms with Gasteiger partial charge in [-0.05, 0) is 40.8 Å². The number of nitrogens with one attached hydrogen (secondary N) is 2. The third kappa shape index (κ3) is 3.22. The highest BCUT2D eigenvalue weighted by Crippen LogP contribution is 2.19. The van der Waals surface area contributed by atoms with Crippen molar-refractivity contribution >= 4 is 28.5 Å². The van der Waals surface area contributed by atoms with E-state index in [2.05, 4.69) is 37.9 Å². The molecule has 0 saturated carbocycles. The number of phenolic OH excluding ortho intramolecular Hbond substituents is 1. The van der Waals surface area contributed by atoms with Gasteiger partial charge in [-0.3, -0.25) is 4.79 Å². The van der Waals surface area contributed by atoms with Gasteiger partial charge in [-0.1, -0.05) is 0 Å². The van der Waals surface area contributed by atoms with Crippen molar-refractivity contribution in [3.63, 3.8) is 0 Å². The Balaban J connectivity index is 1.93. The molecule has 1 aromatic carbocycles. The number of aromatic hydroxyl groups is 1. The van der Waals surface area contributed by atoms with Crippen LogP contribution in [0.4, 0.5) is 0 Å². The minimum absolute atomic E-state index is 0.00841. The van der Waals surface area contributed by atoms with E-state index < -0.39 is 0 Å². The Morgan fingerprint density at radius 3 is 3.06 bits per heavy atom. The molecule has 0 aliphatic heterocycles. The van der Waals surface area contributed by atoms with Crippen molar-refractivity contribution in [2.75, 3.05) is 6.54 Å². The highest BCUT2D eigenvalue weighted by molar-refractivity contribution is 14.1. The van der Waals surface area contributed by atoms with E-state index in [1.54, 1.807) is 24.5 Å². The fourth-order valence-corrected chi connectivity index (χ4v) is 2.01. The SMILES string of the molecule is O=C(NCCc1ncc[nH]1)c1cc(I)ccc1O. The summed E-state index contributed by atoms with van der Waals surface area (Å²) in [5.41, 5.74) is 0.293. The van der Waals surface area contributed by atoms with Crippen molar-refractivity contribution in [2.45, 2.75) is 6.42 Å². The largest absolute Gasteiger partial charge is 0.507 e. The molecule has 5 nitrogen and oxygen atoms in total. The number of nitrogens with zero attached hydrogens (tertiary/aromatic N) is 1. The van der Waals surface area contributed by atoms with Gasteiger partial charge in [0, 0.05) is 28.9 Å². The summed E-state index contributed by atoms with van der Waals surface area (Å²) in [6.45, 7) is 0.470. The molecule has 2 aromatic rings. The first-order valence-corrected chi connectivity index (χ1v) is 6.49. The summed E-state index contributed by atoms with van der Waals surface area (Å²) in [6.07, 6.45) is 4.04. The standard InChI is InChI=1S/C12H12IN3O2/c13-8-1-2-10(17)9(7-8)12(18)16-4-3-11-14-5-6-15-11/h1-2,5-7,17H,3-4H2,(H,14,15)(H,16,18). The summed E-state index contributed by atoms with van der Waals surface area (Å²) in [7, 11) is 0. The summed E-state index contributed by atoms with van der Waals surface area (Å²) in [5, 5.41) is 12.3. The number of rotatable bonds is 4. The molecule has 1 aromatic heterocycles. The van der Waals surface area contributed by atoms with Crippen LogP contribution in [0.15, 0.2) is 30.6 Å². The highest BCUT2D eigenvalue weighted by atomic mass is 127. The average Bonchev–Trinajstić information content (AvgIpc) is 2.85. The predicted molar refractivity (Wildman–Crippen MR) is 75.4 cm³/mol. The number of aromatic nitrogens is 2. The second kappa shape index (κ2) is 5.85. The maximum absolute atomic E-state index is 11.8. The van der Waals surface area contributed by atoms with Crippen LogP contribution in [0.3, 0.4) is 0 Å². The number of hydrogen-bond donors (Lipinski definition) is 3. The lowest BCUT2D eigenvalue weighted by atomic mass is 10.2. The molecule has 0 aliphatic carbocycles. The number of carbonyl (C=O) groups excluding carboxylic acids is 1. The fourth-order valence-electron chi connectivity index (χ4n) is 1.51. The van der Waals surface area contributed by atoms with Crippen LogP contribution in [0.1, 0.15) is 16.2 Å². The molecule has 2 rings (SSSR count). The molecule has 6 heteroatoms. The van der Waals surface area contributed by atoms with Gasteiger partial charge >= 0.3 is 0 Å². The molecule has 0 bridgehead atoms. The van der Waals surface area contributed by atoms with Crippen LogP contribution >= 0.6 is 22.6 Å². The topological polar surface area (TPSA) is 78.0 Å². The van der Waals surface area contributed by atoms with Gasteiger partial charge in [0.25, 0.3) is 5.91 Å². The fraction of sp³-hybridized carbons (Fsp3) is 0.167. The van der Waals surface area contributed by atoms with Crippen LogP contribution in [-0.4, -0.2) is 27.5 Å². The lowest BCUT2D eigenvalue weighted by molar-refractivity contribution is 0.0951. The summed E-state index contributed by atoms with van der Waals surface area (Å²) in [6, 6.07) is 4.91. The van der Waals surface area contributed by atoms with E-state index in [-0.39, 0.29) is 11.7 Å². The number of benzene rings is 1. The van der Waals surface area contributed by atoms with Gasteiger partial charge in [0.1, 0.15) is 11.6 Å². The Bertz CT molecular complexity index is 540. The van der Waals surface area contributed by atoms with E-state index >= 15 is 0 Å². The normalized spacial score (nSPS) is 10.3. The van der Waals surface area contributed by atoms with E-state index in [1.165, 1.54) is 6.07 Å². The minimum Gasteiger partial charge on any atom is -0.507 e. The van der Waals surface area contributed by atoms with Gasteiger partial charge in [-0.25, -0.2) is 4.98 Å². The van der Waals surface area contributed by atoms with Crippen LogP contribution in [0.2, 0.25) is 0 Å². The van der Waals surface area contributed by atoms with E-state index in [9.17, 15) is 9.90 Å². The molecule has 3 N–H and O–H groups in total. The van der Waals surface area contributed by atoms with Crippen molar-refractivity contribution in [3.05, 3.63) is 45.6 Å². The first kappa shape index (κ1) is 12.9. The molecule has 94 valence electrons. The van der Waals surface area contributed by atoms with Gasteiger partial charge in [0.15, 0.2) is 0 Å². The van der Waals surface area contributed by atoms with E-state index in [0.717, 1.165) is 9.39 Å². The van der Waals surface area contributed by atoms with Crippen LogP contribution < -0.4 is 5.32 Å². The molecule has 0 fully saturated rings. The Kier molecular flexibility index (Phi) is 4.19. The predicted octanol–water partition coefficient (Wildman–Crippen LogP) is 1.69. The van der Waals surface area contributed by atoms with Crippen LogP contribution in [0.5, 0.6) is 5.75 Å². The van der Waals surface area contributed by atoms with E-state index in [0.29, 0.717) is 18.5 Å². The van der Waals surface area contributed by atoms with Crippen molar-refractivity contribution in [3.8, 4) is 5.75 Å². The average molecular weight is 357 g/mol. The summed E-state index contributed by atoms with van der Waals surface area (Å²) < 4.78 is 0.904. The molecule has 0 radical (unpaired) electrons. The first-order chi connectivity index (χ1) is 8.66. The molecule has 0 unspecified atom stereocenters. The number of halogens is 1. The van der Waals surface area contributed by atoms with Crippen molar-refractivity contribution < 1.29 is 9.90 Å². The Morgan fingerprint density at radius 1 is 1.50 bits per heavy atom. The maximum atomic E-state index is 11.8. The lowest BCUT2D eigenvalue weighted by Crippen LogP contribution is -2.26. The van der Waals surface area contributed by atoms with E-state index in [4.69, 9.17) is 0 Å². The second-order valence-corrected chi connectivity index (χ2v) is 4.95. The van der Waals surface area contributed by atoms with Crippen molar-refractivity contribution in [2.24, 2.45) is 0 Å². The summed E-state index contributed by atoms with van der Waals surface area (Å²) >= 11 is 2.10. The smallest absolute Gasteiger partial charge is 0.255 e. The number of phenols is 1. The third-order valence-corrected chi connectivity index (χ3v) is 3.08. The monoisotopic (exact) mass is 357 g/mol. The zero-order chi connectivity index (χ0) is 13.0. The lowest BCUT2D eigenvalue weighted by Gasteiger charge is -2.06. The van der Waals surface area contributed by atoms with Gasteiger partial charge in [-0.15, -0.1) is 0 Å². The number of hydrogen-bond acceptors (Lipinski definition) is 3. The molecular weight excluding hydrogens is 345 g/mol. The molecule has 1 amide bonds. The van der Waals surface area contributed by atoms with Crippen molar-refractivity contribution in [1.29, 1.82) is 0 Å². The molecule has 1 heterocycles. The third-order valence-electron chi connectivity index (χ3n) is 2.41. The Morgan fingerprint density at radius 2 is 2.33 bits per heavy atom. The summed E-state index contributed by atoms with van der Waals surface area (Å²) in [5.74, 6) is 0.533. The number of aromatic amines is 1. The quantitative estimate of drug-likeness (QED) is 0.729. The number of imidazole rings is 1. The number of carbonyl (C=O) groups is 1. The van der Waals surface area contributed by atoms with Gasteiger partial charge in [0.05, 0.1) is 5.56 Å². The van der Waals surface area contributed by atoms with Gasteiger partial charge in [0.2, 0.25) is 0 Å². The van der Waals surface area contributed by atoms with Crippen LogP contribution in [0.25, 0.3) is 0 Å².